The van der Waals surface area contributed by atoms with E-state index in [-0.39, 0.29) is 17.3 Å². The van der Waals surface area contributed by atoms with Gasteiger partial charge in [0.05, 0.1) is 21.7 Å². The molecule has 2 aromatic heterocycles. The van der Waals surface area contributed by atoms with Gasteiger partial charge in [-0.1, -0.05) is 45.3 Å². The highest BCUT2D eigenvalue weighted by molar-refractivity contribution is 9.10. The summed E-state index contributed by atoms with van der Waals surface area (Å²) in [6.07, 6.45) is 1.74. The molecule has 176 valence electrons. The van der Waals surface area contributed by atoms with E-state index in [4.69, 9.17) is 16.3 Å². The van der Waals surface area contributed by atoms with E-state index in [0.29, 0.717) is 28.4 Å². The summed E-state index contributed by atoms with van der Waals surface area (Å²) in [5, 5.41) is 0. The van der Waals surface area contributed by atoms with Crippen LogP contribution in [0.3, 0.4) is 0 Å². The first-order chi connectivity index (χ1) is 15.7. The predicted molar refractivity (Wildman–Crippen MR) is 131 cm³/mol. The summed E-state index contributed by atoms with van der Waals surface area (Å²) < 4.78 is 36.2. The number of methoxy groups -OCH3 is 1. The van der Waals surface area contributed by atoms with E-state index in [9.17, 15) is 18.0 Å². The molecule has 0 aliphatic carbocycles. The highest BCUT2D eigenvalue weighted by Gasteiger charge is 2.38. The Morgan fingerprint density at radius 2 is 2.03 bits per heavy atom. The van der Waals surface area contributed by atoms with Gasteiger partial charge in [0.2, 0.25) is 0 Å². The number of nitrogens with zero attached hydrogens (tertiary/aromatic N) is 3. The average Bonchev–Trinajstić information content (AvgIpc) is 3.37. The minimum Gasteiger partial charge on any atom is -0.468 e. The Morgan fingerprint density at radius 1 is 1.24 bits per heavy atom. The van der Waals surface area contributed by atoms with Crippen LogP contribution < -0.4 is 4.80 Å². The number of hydrogen-bond acceptors (Lipinski definition) is 7. The molecule has 4 rings (SSSR count). The van der Waals surface area contributed by atoms with Crippen LogP contribution in [-0.2, 0) is 30.9 Å². The molecular weight excluding hydrogens is 574 g/mol. The Balaban J connectivity index is 1.76. The maximum atomic E-state index is 13.3. The van der Waals surface area contributed by atoms with Gasteiger partial charge in [-0.3, -0.25) is 9.59 Å². The number of esters is 1. The number of piperidine rings is 1. The highest BCUT2D eigenvalue weighted by atomic mass is 79.9. The van der Waals surface area contributed by atoms with Gasteiger partial charge in [-0.25, -0.2) is 8.42 Å². The van der Waals surface area contributed by atoms with Gasteiger partial charge in [-0.05, 0) is 43.2 Å². The number of hydrogen-bond donors (Lipinski definition) is 0. The van der Waals surface area contributed by atoms with Gasteiger partial charge in [0.25, 0.3) is 15.9 Å². The van der Waals surface area contributed by atoms with Crippen LogP contribution in [0.1, 0.15) is 19.3 Å². The van der Waals surface area contributed by atoms with Crippen LogP contribution in [0.15, 0.2) is 44.0 Å². The highest BCUT2D eigenvalue weighted by Crippen LogP contribution is 2.32. The molecule has 8 nitrogen and oxygen atoms in total. The summed E-state index contributed by atoms with van der Waals surface area (Å²) in [5.74, 6) is -1.05. The first-order valence-corrected chi connectivity index (χ1v) is 14.2. The monoisotopic (exact) mass is 591 g/mol. The maximum Gasteiger partial charge on any atom is 0.325 e. The second kappa shape index (κ2) is 9.96. The number of aromatic nitrogens is 1. The van der Waals surface area contributed by atoms with Crippen LogP contribution in [0, 0.1) is 0 Å². The largest absolute Gasteiger partial charge is 0.468 e. The third kappa shape index (κ3) is 5.10. The number of thiazole rings is 1. The van der Waals surface area contributed by atoms with Crippen molar-refractivity contribution in [3.05, 3.63) is 43.9 Å². The van der Waals surface area contributed by atoms with E-state index in [1.165, 1.54) is 34.9 Å². The number of sulfonamides is 1. The first kappa shape index (κ1) is 24.6. The molecule has 0 bridgehead atoms. The fourth-order valence-electron chi connectivity index (χ4n) is 3.64. The lowest BCUT2D eigenvalue weighted by Crippen LogP contribution is -2.47. The summed E-state index contributed by atoms with van der Waals surface area (Å²) in [5.41, 5.74) is 0.724. The summed E-state index contributed by atoms with van der Waals surface area (Å²) in [7, 11) is -2.60. The number of carbonyl (C=O) groups excluding carboxylic acids is 2. The van der Waals surface area contributed by atoms with Gasteiger partial charge < -0.3 is 9.30 Å². The molecule has 1 aromatic carbocycles. The third-order valence-electron chi connectivity index (χ3n) is 5.22. The van der Waals surface area contributed by atoms with Crippen LogP contribution in [0.2, 0.25) is 4.34 Å². The normalized spacial score (nSPS) is 18.0. The van der Waals surface area contributed by atoms with Crippen molar-refractivity contribution in [1.29, 1.82) is 0 Å². The van der Waals surface area contributed by atoms with Crippen molar-refractivity contribution in [2.24, 2.45) is 4.99 Å². The van der Waals surface area contributed by atoms with Crippen molar-refractivity contribution in [1.82, 2.24) is 8.87 Å². The standard InChI is InChI=1S/C20H19BrClN3O5S3/c1-30-17(26)11-24-13-6-5-12(21)10-15(13)31-20(24)23-19(27)14-4-2-3-9-25(14)33(28,29)18-8-7-16(22)32-18/h5-8,10,14H,2-4,9,11H2,1H3. The molecule has 3 heterocycles. The molecule has 1 atom stereocenters. The van der Waals surface area contributed by atoms with Crippen molar-refractivity contribution in [3.8, 4) is 0 Å². The Kier molecular flexibility index (Phi) is 7.41. The summed E-state index contributed by atoms with van der Waals surface area (Å²) in [6, 6.07) is 7.57. The van der Waals surface area contributed by atoms with E-state index in [0.717, 1.165) is 26.0 Å². The smallest absolute Gasteiger partial charge is 0.325 e. The van der Waals surface area contributed by atoms with E-state index >= 15 is 0 Å². The van der Waals surface area contributed by atoms with Crippen LogP contribution in [0.4, 0.5) is 0 Å². The number of rotatable bonds is 5. The number of halogens is 2. The molecule has 1 unspecified atom stereocenters. The Morgan fingerprint density at radius 3 is 2.73 bits per heavy atom. The van der Waals surface area contributed by atoms with Gasteiger partial charge in [0.15, 0.2) is 4.80 Å². The third-order valence-corrected chi connectivity index (χ3v) is 10.4. The van der Waals surface area contributed by atoms with Crippen molar-refractivity contribution in [2.75, 3.05) is 13.7 Å². The minimum absolute atomic E-state index is 0.0969. The molecular formula is C20H19BrClN3O5S3. The summed E-state index contributed by atoms with van der Waals surface area (Å²) >= 11 is 11.6. The van der Waals surface area contributed by atoms with Crippen molar-refractivity contribution in [3.63, 3.8) is 0 Å². The van der Waals surface area contributed by atoms with E-state index in [1.54, 1.807) is 4.57 Å². The molecule has 1 amide bonds. The van der Waals surface area contributed by atoms with Gasteiger partial charge in [0, 0.05) is 11.0 Å². The topological polar surface area (TPSA) is 98.0 Å². The van der Waals surface area contributed by atoms with Crippen molar-refractivity contribution >= 4 is 82.3 Å². The second-order valence-corrected chi connectivity index (χ2v) is 13.1. The van der Waals surface area contributed by atoms with Gasteiger partial charge in [-0.15, -0.1) is 11.3 Å². The lowest BCUT2D eigenvalue weighted by molar-refractivity contribution is -0.141. The lowest BCUT2D eigenvalue weighted by Gasteiger charge is -2.31. The molecule has 0 spiro atoms. The number of fused-ring (bicyclic) bond motifs is 1. The summed E-state index contributed by atoms with van der Waals surface area (Å²) in [4.78, 5) is 29.9. The predicted octanol–water partition coefficient (Wildman–Crippen LogP) is 4.02. The average molecular weight is 593 g/mol. The van der Waals surface area contributed by atoms with E-state index < -0.39 is 27.9 Å². The lowest BCUT2D eigenvalue weighted by atomic mass is 10.0. The van der Waals surface area contributed by atoms with Crippen LogP contribution in [0.5, 0.6) is 0 Å². The molecule has 33 heavy (non-hydrogen) atoms. The quantitative estimate of drug-likeness (QED) is 0.417. The van der Waals surface area contributed by atoms with E-state index in [1.807, 2.05) is 18.2 Å². The number of ether oxygens (including phenoxy) is 1. The van der Waals surface area contributed by atoms with Gasteiger partial charge in [-0.2, -0.15) is 9.30 Å². The van der Waals surface area contributed by atoms with Gasteiger partial charge in [0.1, 0.15) is 16.8 Å². The maximum absolute atomic E-state index is 13.3. The van der Waals surface area contributed by atoms with Crippen molar-refractivity contribution < 1.29 is 22.7 Å². The number of amides is 1. The summed E-state index contributed by atoms with van der Waals surface area (Å²) in [6.45, 7) is 0.107. The molecule has 0 radical (unpaired) electrons. The fraction of sp³-hybridized carbons (Fsp3) is 0.350. The molecule has 0 saturated carbocycles. The first-order valence-electron chi connectivity index (χ1n) is 9.92. The molecule has 0 N–H and O–H groups in total. The Labute approximate surface area is 211 Å². The molecule has 3 aromatic rings. The minimum atomic E-state index is -3.89. The molecule has 1 aliphatic heterocycles. The zero-order valence-corrected chi connectivity index (χ0v) is 22.2. The number of carbonyl (C=O) groups is 2. The fourth-order valence-corrected chi connectivity index (χ4v) is 8.49. The van der Waals surface area contributed by atoms with Crippen LogP contribution in [0.25, 0.3) is 10.2 Å². The van der Waals surface area contributed by atoms with E-state index in [2.05, 4.69) is 20.9 Å². The molecule has 1 fully saturated rings. The SMILES string of the molecule is COC(=O)Cn1c(=NC(=O)C2CCCCN2S(=O)(=O)c2ccc(Cl)s2)sc2cc(Br)ccc21. The molecule has 1 saturated heterocycles. The number of benzene rings is 1. The second-order valence-electron chi connectivity index (χ2n) is 7.29. The Bertz CT molecular complexity index is 1400. The zero-order chi connectivity index (χ0) is 23.8. The number of thiophene rings is 1. The molecule has 1 aliphatic rings. The van der Waals surface area contributed by atoms with Gasteiger partial charge >= 0.3 is 5.97 Å². The zero-order valence-electron chi connectivity index (χ0n) is 17.4. The molecule has 13 heteroatoms. The van der Waals surface area contributed by atoms with Crippen LogP contribution in [-0.4, -0.2) is 48.9 Å². The van der Waals surface area contributed by atoms with Crippen LogP contribution >= 0.6 is 50.2 Å². The van der Waals surface area contributed by atoms with Crippen molar-refractivity contribution in [2.45, 2.75) is 36.1 Å². The Hall–Kier alpha value is -1.57.